The van der Waals surface area contributed by atoms with E-state index in [1.54, 1.807) is 0 Å². The Kier molecular flexibility index (Phi) is 7.96. The number of aryl methyl sites for hydroxylation is 2. The van der Waals surface area contributed by atoms with Gasteiger partial charge in [-0.2, -0.15) is 0 Å². The number of benzene rings is 4. The summed E-state index contributed by atoms with van der Waals surface area (Å²) in [6.45, 7) is 6.13. The van der Waals surface area contributed by atoms with Crippen LogP contribution < -0.4 is 9.47 Å². The Bertz CT molecular complexity index is 1600. The first-order chi connectivity index (χ1) is 20.8. The maximum absolute atomic E-state index is 10.6. The van der Waals surface area contributed by atoms with Crippen molar-refractivity contribution in [1.29, 1.82) is 0 Å². The number of fused-ring (bicyclic) bond motifs is 3. The molecular formula is C35H32I2O6. The first-order valence-corrected chi connectivity index (χ1v) is 16.6. The van der Waals surface area contributed by atoms with Gasteiger partial charge in [0.1, 0.15) is 36.9 Å². The van der Waals surface area contributed by atoms with Crippen molar-refractivity contribution < 1.29 is 29.2 Å². The van der Waals surface area contributed by atoms with Gasteiger partial charge in [-0.05, 0) is 140 Å². The van der Waals surface area contributed by atoms with E-state index in [9.17, 15) is 10.2 Å². The van der Waals surface area contributed by atoms with Crippen LogP contribution >= 0.6 is 45.2 Å². The van der Waals surface area contributed by atoms with Gasteiger partial charge in [-0.25, -0.2) is 0 Å². The van der Waals surface area contributed by atoms with Crippen LogP contribution in [0.25, 0.3) is 11.1 Å². The molecule has 7 rings (SSSR count). The molecule has 6 nitrogen and oxygen atoms in total. The SMILES string of the molecule is Cc1cc(C2(c3cc(C)c(OCC4CO4)c(CO)c3)c3cc(I)ccc3-c3ccc(I)cc32)cc(CO)c1OCC1CO1. The monoisotopic (exact) mass is 802 g/mol. The van der Waals surface area contributed by atoms with E-state index in [-0.39, 0.29) is 25.4 Å². The molecule has 2 atom stereocenters. The van der Waals surface area contributed by atoms with Crippen LogP contribution in [-0.4, -0.2) is 48.8 Å². The highest BCUT2D eigenvalue weighted by Crippen LogP contribution is 2.58. The van der Waals surface area contributed by atoms with Gasteiger partial charge in [-0.1, -0.05) is 24.3 Å². The van der Waals surface area contributed by atoms with Crippen LogP contribution in [0.5, 0.6) is 11.5 Å². The zero-order chi connectivity index (χ0) is 29.9. The van der Waals surface area contributed by atoms with Crippen LogP contribution in [0.4, 0.5) is 0 Å². The number of hydrogen-bond acceptors (Lipinski definition) is 6. The molecule has 0 aromatic heterocycles. The van der Waals surface area contributed by atoms with Gasteiger partial charge in [-0.15, -0.1) is 0 Å². The molecular weight excluding hydrogens is 770 g/mol. The van der Waals surface area contributed by atoms with E-state index in [0.717, 1.165) is 40.5 Å². The van der Waals surface area contributed by atoms with E-state index in [1.165, 1.54) is 22.3 Å². The summed E-state index contributed by atoms with van der Waals surface area (Å²) in [4.78, 5) is 0. The van der Waals surface area contributed by atoms with Crippen molar-refractivity contribution in [2.75, 3.05) is 26.4 Å². The largest absolute Gasteiger partial charge is 0.490 e. The van der Waals surface area contributed by atoms with Crippen molar-refractivity contribution in [1.82, 2.24) is 0 Å². The average Bonchev–Trinajstić information content (AvgIpc) is 3.93. The maximum atomic E-state index is 10.6. The lowest BCUT2D eigenvalue weighted by Crippen LogP contribution is -2.30. The van der Waals surface area contributed by atoms with Crippen LogP contribution in [0.1, 0.15) is 44.5 Å². The summed E-state index contributed by atoms with van der Waals surface area (Å²) in [6.07, 6.45) is 0.226. The van der Waals surface area contributed by atoms with Crippen molar-refractivity contribution in [2.24, 2.45) is 0 Å². The molecule has 8 heteroatoms. The predicted molar refractivity (Wildman–Crippen MR) is 181 cm³/mol. The van der Waals surface area contributed by atoms with Crippen LogP contribution in [0.3, 0.4) is 0 Å². The molecule has 4 aromatic rings. The summed E-state index contributed by atoms with van der Waals surface area (Å²) in [5, 5.41) is 21.2. The number of ether oxygens (including phenoxy) is 4. The number of aliphatic hydroxyl groups excluding tert-OH is 2. The van der Waals surface area contributed by atoms with Gasteiger partial charge in [0.05, 0.1) is 31.8 Å². The number of aliphatic hydroxyl groups is 2. The Hall–Kier alpha value is -2.22. The standard InChI is InChI=1S/C35H32I2O6/c1-19-7-23(9-21(13-38)33(19)42-17-27-15-40-27)35(24-8-20(2)34(22(10-24)14-39)43-18-28-16-41-28)31-11-25(36)3-5-29(31)30-6-4-26(37)12-32(30)35/h3-12,27-28,38-39H,13-18H2,1-2H3. The summed E-state index contributed by atoms with van der Waals surface area (Å²) < 4.78 is 25.4. The molecule has 2 heterocycles. The Labute approximate surface area is 278 Å². The van der Waals surface area contributed by atoms with Crippen LogP contribution in [0, 0.1) is 21.0 Å². The number of halogens is 2. The lowest BCUT2D eigenvalue weighted by molar-refractivity contribution is 0.242. The van der Waals surface area contributed by atoms with Crippen LogP contribution in [0.15, 0.2) is 60.7 Å². The second-order valence-electron chi connectivity index (χ2n) is 11.5. The second-order valence-corrected chi connectivity index (χ2v) is 14.0. The Morgan fingerprint density at radius 2 is 1.12 bits per heavy atom. The molecule has 2 saturated heterocycles. The van der Waals surface area contributed by atoms with Crippen molar-refractivity contribution in [3.63, 3.8) is 0 Å². The molecule has 3 aliphatic rings. The topological polar surface area (TPSA) is 84.0 Å². The minimum absolute atomic E-state index is 0.113. The fourth-order valence-corrected chi connectivity index (χ4v) is 7.50. The molecule has 0 radical (unpaired) electrons. The summed E-state index contributed by atoms with van der Waals surface area (Å²) in [6, 6.07) is 21.9. The third-order valence-corrected chi connectivity index (χ3v) is 9.95. The minimum atomic E-state index is -0.716. The van der Waals surface area contributed by atoms with Crippen LogP contribution in [0.2, 0.25) is 0 Å². The zero-order valence-corrected chi connectivity index (χ0v) is 28.3. The van der Waals surface area contributed by atoms with Gasteiger partial charge in [0, 0.05) is 18.3 Å². The smallest absolute Gasteiger partial charge is 0.127 e. The number of epoxide rings is 2. The highest BCUT2D eigenvalue weighted by Gasteiger charge is 2.47. The van der Waals surface area contributed by atoms with E-state index in [4.69, 9.17) is 18.9 Å². The van der Waals surface area contributed by atoms with Gasteiger partial charge >= 0.3 is 0 Å². The summed E-state index contributed by atoms with van der Waals surface area (Å²) >= 11 is 4.78. The minimum Gasteiger partial charge on any atom is -0.490 e. The summed E-state index contributed by atoms with van der Waals surface area (Å²) in [7, 11) is 0. The number of hydrogen-bond donors (Lipinski definition) is 2. The van der Waals surface area contributed by atoms with Crippen molar-refractivity contribution in [3.05, 3.63) is 112 Å². The number of rotatable bonds is 10. The summed E-state index contributed by atoms with van der Waals surface area (Å²) in [5.41, 5.74) is 9.44. The van der Waals surface area contributed by atoms with Crippen molar-refractivity contribution >= 4 is 45.2 Å². The molecule has 2 fully saturated rings. The molecule has 222 valence electrons. The highest BCUT2D eigenvalue weighted by atomic mass is 127. The van der Waals surface area contributed by atoms with E-state index in [0.29, 0.717) is 37.9 Å². The quantitative estimate of drug-likeness (QED) is 0.126. The molecule has 0 amide bonds. The first-order valence-electron chi connectivity index (χ1n) is 14.4. The Morgan fingerprint density at radius 3 is 1.49 bits per heavy atom. The molecule has 2 N–H and O–H groups in total. The zero-order valence-electron chi connectivity index (χ0n) is 24.0. The Balaban J connectivity index is 1.51. The van der Waals surface area contributed by atoms with E-state index < -0.39 is 5.41 Å². The van der Waals surface area contributed by atoms with E-state index >= 15 is 0 Å². The summed E-state index contributed by atoms with van der Waals surface area (Å²) in [5.74, 6) is 1.41. The van der Waals surface area contributed by atoms with Gasteiger partial charge in [0.25, 0.3) is 0 Å². The molecule has 4 aromatic carbocycles. The van der Waals surface area contributed by atoms with Crippen molar-refractivity contribution in [3.8, 4) is 22.6 Å². The molecule has 0 spiro atoms. The maximum Gasteiger partial charge on any atom is 0.127 e. The molecule has 1 aliphatic carbocycles. The van der Waals surface area contributed by atoms with E-state index in [1.807, 2.05) is 13.8 Å². The normalized spacial score (nSPS) is 19.1. The lowest BCUT2D eigenvalue weighted by Gasteiger charge is -2.36. The molecule has 2 unspecified atom stereocenters. The third kappa shape index (κ3) is 5.27. The van der Waals surface area contributed by atoms with Gasteiger partial charge < -0.3 is 29.2 Å². The second kappa shape index (κ2) is 11.6. The molecule has 0 bridgehead atoms. The molecule has 43 heavy (non-hydrogen) atoms. The van der Waals surface area contributed by atoms with E-state index in [2.05, 4.69) is 106 Å². The predicted octanol–water partition coefficient (Wildman–Crippen LogP) is 6.42. The van der Waals surface area contributed by atoms with Crippen LogP contribution in [-0.2, 0) is 28.1 Å². The fraction of sp³-hybridized carbons (Fsp3) is 0.314. The first kappa shape index (κ1) is 29.5. The fourth-order valence-electron chi connectivity index (χ4n) is 6.51. The van der Waals surface area contributed by atoms with Gasteiger partial charge in [0.15, 0.2) is 0 Å². The average molecular weight is 802 g/mol. The van der Waals surface area contributed by atoms with Gasteiger partial charge in [0.2, 0.25) is 0 Å². The Morgan fingerprint density at radius 1 is 0.698 bits per heavy atom. The molecule has 0 saturated carbocycles. The van der Waals surface area contributed by atoms with Gasteiger partial charge in [-0.3, -0.25) is 0 Å². The van der Waals surface area contributed by atoms with Crippen molar-refractivity contribution in [2.45, 2.75) is 44.7 Å². The highest BCUT2D eigenvalue weighted by molar-refractivity contribution is 14.1. The lowest BCUT2D eigenvalue weighted by atomic mass is 9.66. The third-order valence-electron chi connectivity index (χ3n) is 8.60. The molecule has 2 aliphatic heterocycles.